The van der Waals surface area contributed by atoms with Gasteiger partial charge in [0.25, 0.3) is 0 Å². The first-order chi connectivity index (χ1) is 0. The predicted octanol–water partition coefficient (Wildman–Crippen LogP) is -0.388. The normalized spacial score (nSPS) is 0. The summed E-state index contributed by atoms with van der Waals surface area (Å²) in [5.74, 6) is 0. The quantitative estimate of drug-likeness (QED) is 0.514. The average molecular weight is 251 g/mol. The van der Waals surface area contributed by atoms with Crippen molar-refractivity contribution in [2.45, 2.75) is 0 Å². The Balaban J connectivity index is 0. The summed E-state index contributed by atoms with van der Waals surface area (Å²) in [7, 11) is 0. The zero-order valence-electron chi connectivity index (χ0n) is 1.88. The van der Waals surface area contributed by atoms with Gasteiger partial charge in [0, 0.05) is 74.1 Å². The standard InChI is InChI=1S/B.Fe.Nb.Zr. The smallest absolute Gasteiger partial charge is 0 e. The van der Waals surface area contributed by atoms with Gasteiger partial charge in [0.05, 0.1) is 0 Å². The van der Waals surface area contributed by atoms with E-state index in [0.717, 1.165) is 0 Å². The maximum Gasteiger partial charge on any atom is 0 e. The summed E-state index contributed by atoms with van der Waals surface area (Å²) in [4.78, 5) is 0. The van der Waals surface area contributed by atoms with Crippen LogP contribution in [0.25, 0.3) is 0 Å². The van der Waals surface area contributed by atoms with Crippen LogP contribution in [0.15, 0.2) is 0 Å². The maximum absolute atomic E-state index is 0. The van der Waals surface area contributed by atoms with Crippen LogP contribution >= 0.6 is 0 Å². The number of rotatable bonds is 0. The second kappa shape index (κ2) is 18.9. The van der Waals surface area contributed by atoms with Crippen molar-refractivity contribution in [3.05, 3.63) is 0 Å². The molecule has 20 valence electrons. The molecule has 0 atom stereocenters. The molecule has 0 aliphatic rings. The Morgan fingerprint density at radius 2 is 1.00 bits per heavy atom. The predicted molar refractivity (Wildman–Crippen MR) is 5.75 cm³/mol. The Labute approximate surface area is 73.2 Å². The molecule has 0 amide bonds. The summed E-state index contributed by atoms with van der Waals surface area (Å²) in [6, 6.07) is 0. The average Bonchev–Trinajstić information content (AvgIpc) is 0. The molecule has 0 unspecified atom stereocenters. The van der Waals surface area contributed by atoms with E-state index in [1.807, 2.05) is 0 Å². The van der Waals surface area contributed by atoms with Gasteiger partial charge in [0.1, 0.15) is 0 Å². The van der Waals surface area contributed by atoms with E-state index >= 15 is 0 Å². The van der Waals surface area contributed by atoms with Crippen molar-refractivity contribution in [3.63, 3.8) is 0 Å². The minimum absolute atomic E-state index is 0. The van der Waals surface area contributed by atoms with Crippen LogP contribution in [-0.4, -0.2) is 8.41 Å². The van der Waals surface area contributed by atoms with Gasteiger partial charge in [-0.2, -0.15) is 0 Å². The summed E-state index contributed by atoms with van der Waals surface area (Å²) in [5.41, 5.74) is 0. The second-order valence-corrected chi connectivity index (χ2v) is 0. The van der Waals surface area contributed by atoms with Crippen LogP contribution in [0.3, 0.4) is 0 Å². The van der Waals surface area contributed by atoms with E-state index in [1.54, 1.807) is 0 Å². The van der Waals surface area contributed by atoms with Gasteiger partial charge in [-0.15, -0.1) is 0 Å². The number of hydrogen-bond acceptors (Lipinski definition) is 0. The van der Waals surface area contributed by atoms with E-state index in [0.29, 0.717) is 0 Å². The third-order valence-electron chi connectivity index (χ3n) is 0. The second-order valence-electron chi connectivity index (χ2n) is 0. The van der Waals surface area contributed by atoms with Crippen molar-refractivity contribution in [2.75, 3.05) is 0 Å². The Morgan fingerprint density at radius 3 is 1.00 bits per heavy atom. The minimum atomic E-state index is 0. The molecule has 0 saturated carbocycles. The summed E-state index contributed by atoms with van der Waals surface area (Å²) in [5, 5.41) is 0. The molecular weight excluding hydrogens is 251 g/mol. The van der Waals surface area contributed by atoms with Crippen LogP contribution in [0, 0.1) is 0 Å². The van der Waals surface area contributed by atoms with Gasteiger partial charge in [0.15, 0.2) is 0 Å². The fourth-order valence-corrected chi connectivity index (χ4v) is 0. The zero-order chi connectivity index (χ0) is 0. The van der Waals surface area contributed by atoms with E-state index < -0.39 is 0 Å². The zero-order valence-corrected chi connectivity index (χ0v) is 7.64. The first kappa shape index (κ1) is 34.5. The molecule has 0 nitrogen and oxygen atoms in total. The summed E-state index contributed by atoms with van der Waals surface area (Å²) in [6.07, 6.45) is 0. The Kier molecular flexibility index (Phi) is 163. The Morgan fingerprint density at radius 1 is 1.00 bits per heavy atom. The van der Waals surface area contributed by atoms with E-state index in [2.05, 4.69) is 0 Å². The Bertz CT molecular complexity index is 8.00. The van der Waals surface area contributed by atoms with Crippen LogP contribution in [0.4, 0.5) is 0 Å². The molecule has 0 saturated heterocycles. The van der Waals surface area contributed by atoms with E-state index in [-0.39, 0.29) is 74.1 Å². The van der Waals surface area contributed by atoms with Gasteiger partial charge in [-0.1, -0.05) is 0 Å². The monoisotopic (exact) mass is 250 g/mol. The summed E-state index contributed by atoms with van der Waals surface area (Å²) in [6.45, 7) is 0. The topological polar surface area (TPSA) is 0 Å². The molecule has 0 aromatic rings. The molecule has 4 heavy (non-hydrogen) atoms. The van der Waals surface area contributed by atoms with E-state index in [1.165, 1.54) is 0 Å². The molecular formula is BFeNbZr. The minimum Gasteiger partial charge on any atom is 0 e. The van der Waals surface area contributed by atoms with Gasteiger partial charge in [-0.05, 0) is 0 Å². The van der Waals surface area contributed by atoms with Gasteiger partial charge in [-0.25, -0.2) is 0 Å². The molecule has 0 bridgehead atoms. The van der Waals surface area contributed by atoms with Crippen molar-refractivity contribution in [3.8, 4) is 0 Å². The largest absolute Gasteiger partial charge is 0 e. The molecule has 4 radical (unpaired) electrons. The first-order valence-corrected chi connectivity index (χ1v) is 0. The van der Waals surface area contributed by atoms with Crippen molar-refractivity contribution >= 4 is 8.41 Å². The number of hydrogen-bond donors (Lipinski definition) is 0. The van der Waals surface area contributed by atoms with Crippen LogP contribution in [0.2, 0.25) is 0 Å². The van der Waals surface area contributed by atoms with E-state index in [4.69, 9.17) is 0 Å². The van der Waals surface area contributed by atoms with Crippen LogP contribution in [0.5, 0.6) is 0 Å². The molecule has 0 heterocycles. The molecule has 4 heteroatoms. The fraction of sp³-hybridized carbons (Fsp3) is 0. The summed E-state index contributed by atoms with van der Waals surface area (Å²) < 4.78 is 0. The molecule has 0 aliphatic heterocycles. The molecule has 0 aromatic carbocycles. The van der Waals surface area contributed by atoms with Gasteiger partial charge >= 0.3 is 0 Å². The SMILES string of the molecule is [B].[Fe].[Nb].[Zr]. The maximum atomic E-state index is 0. The van der Waals surface area contributed by atoms with Crippen LogP contribution in [-0.2, 0) is 65.7 Å². The van der Waals surface area contributed by atoms with Crippen LogP contribution in [0.1, 0.15) is 0 Å². The van der Waals surface area contributed by atoms with Crippen molar-refractivity contribution < 1.29 is 65.7 Å². The third kappa shape index (κ3) is 8.88. The van der Waals surface area contributed by atoms with E-state index in [9.17, 15) is 0 Å². The van der Waals surface area contributed by atoms with Gasteiger partial charge in [0.2, 0.25) is 0 Å². The third-order valence-corrected chi connectivity index (χ3v) is 0. The molecule has 0 fully saturated rings. The summed E-state index contributed by atoms with van der Waals surface area (Å²) >= 11 is 0. The van der Waals surface area contributed by atoms with Gasteiger partial charge in [-0.3, -0.25) is 0 Å². The first-order valence-electron chi connectivity index (χ1n) is 0. The van der Waals surface area contributed by atoms with Crippen molar-refractivity contribution in [2.24, 2.45) is 0 Å². The van der Waals surface area contributed by atoms with Crippen LogP contribution < -0.4 is 0 Å². The molecule has 0 aromatic heterocycles. The molecule has 0 aliphatic carbocycles. The molecule has 0 spiro atoms. The van der Waals surface area contributed by atoms with Gasteiger partial charge < -0.3 is 0 Å². The molecule has 0 N–H and O–H groups in total. The fourth-order valence-electron chi connectivity index (χ4n) is 0. The Hall–Kier alpha value is 2.21. The van der Waals surface area contributed by atoms with Crippen molar-refractivity contribution in [1.82, 2.24) is 0 Å². The molecule has 0 rings (SSSR count). The van der Waals surface area contributed by atoms with Crippen molar-refractivity contribution in [1.29, 1.82) is 0 Å².